The molecule has 1 heterocycles. The zero-order valence-corrected chi connectivity index (χ0v) is 20.6. The van der Waals surface area contributed by atoms with Crippen LogP contribution in [-0.2, 0) is 15.6 Å². The Morgan fingerprint density at radius 3 is 2.62 bits per heavy atom. The number of aliphatic carboxylic acids is 1. The van der Waals surface area contributed by atoms with E-state index in [4.69, 9.17) is 0 Å². The van der Waals surface area contributed by atoms with Gasteiger partial charge >= 0.3 is 5.97 Å². The third-order valence-corrected chi connectivity index (χ3v) is 7.47. The van der Waals surface area contributed by atoms with Gasteiger partial charge in [-0.2, -0.15) is 0 Å². The molecule has 0 aromatic heterocycles. The van der Waals surface area contributed by atoms with Gasteiger partial charge in [0.15, 0.2) is 0 Å². The lowest BCUT2D eigenvalue weighted by Gasteiger charge is -2.37. The second kappa shape index (κ2) is 13.2. The Bertz CT molecular complexity index is 980. The molecule has 7 nitrogen and oxygen atoms in total. The number of rotatable bonds is 12. The van der Waals surface area contributed by atoms with E-state index in [0.29, 0.717) is 30.1 Å². The summed E-state index contributed by atoms with van der Waals surface area (Å²) in [6, 6.07) is 14.3. The highest BCUT2D eigenvalue weighted by atomic mass is 32.2. The highest BCUT2D eigenvalue weighted by Gasteiger charge is 2.25. The molecule has 34 heavy (non-hydrogen) atoms. The number of hydrogen-bond acceptors (Lipinski definition) is 5. The van der Waals surface area contributed by atoms with Gasteiger partial charge in [0.1, 0.15) is 0 Å². The van der Waals surface area contributed by atoms with Crippen molar-refractivity contribution in [3.8, 4) is 0 Å². The fraction of sp³-hybridized carbons (Fsp3) is 0.462. The molecular weight excluding hydrogens is 450 g/mol. The van der Waals surface area contributed by atoms with Crippen LogP contribution < -0.4 is 15.5 Å². The monoisotopic (exact) mass is 485 g/mol. The van der Waals surface area contributed by atoms with Gasteiger partial charge in [-0.1, -0.05) is 38.7 Å². The minimum Gasteiger partial charge on any atom is -0.481 e. The number of unbranched alkanes of at least 4 members (excludes halogenated alkanes) is 4. The number of anilines is 2. The van der Waals surface area contributed by atoms with Gasteiger partial charge in [0.2, 0.25) is 0 Å². The molecule has 184 valence electrons. The van der Waals surface area contributed by atoms with Crippen LogP contribution in [-0.4, -0.2) is 52.6 Å². The molecule has 2 aromatic carbocycles. The first-order valence-electron chi connectivity index (χ1n) is 12.1. The van der Waals surface area contributed by atoms with E-state index in [0.717, 1.165) is 30.0 Å². The number of carbonyl (C=O) groups is 2. The quantitative estimate of drug-likeness (QED) is 0.389. The highest BCUT2D eigenvalue weighted by Crippen LogP contribution is 2.22. The van der Waals surface area contributed by atoms with Crippen molar-refractivity contribution in [1.29, 1.82) is 0 Å². The molecule has 0 bridgehead atoms. The Kier molecular flexibility index (Phi) is 10.1. The molecule has 1 fully saturated rings. The maximum absolute atomic E-state index is 12.9. The maximum atomic E-state index is 12.9. The molecule has 1 aliphatic heterocycles. The lowest BCUT2D eigenvalue weighted by Crippen LogP contribution is -2.52. The third-order valence-electron chi connectivity index (χ3n) is 6.01. The van der Waals surface area contributed by atoms with Crippen molar-refractivity contribution >= 4 is 34.1 Å². The smallest absolute Gasteiger partial charge is 0.305 e. The summed E-state index contributed by atoms with van der Waals surface area (Å²) in [6.07, 6.45) is 5.72. The standard InChI is InChI=1S/C26H35N3O4S/c1-2-3-4-5-6-16-34(33)24-12-10-21(11-13-24)28-26(32)20-8-7-9-22(17-20)29-15-14-27-19-23(29)18-25(30)31/h7-13,17,23,27H,2-6,14-16,18-19H2,1H3,(H,28,32)(H,30,31). The van der Waals surface area contributed by atoms with Crippen LogP contribution >= 0.6 is 0 Å². The number of nitrogens with zero attached hydrogens (tertiary/aromatic N) is 1. The van der Waals surface area contributed by atoms with E-state index in [1.54, 1.807) is 24.3 Å². The Morgan fingerprint density at radius 2 is 1.88 bits per heavy atom. The molecule has 0 saturated carbocycles. The van der Waals surface area contributed by atoms with Gasteiger partial charge in [0, 0.05) is 47.2 Å². The predicted molar refractivity (Wildman–Crippen MR) is 137 cm³/mol. The predicted octanol–water partition coefficient (Wildman–Crippen LogP) is 4.27. The van der Waals surface area contributed by atoms with E-state index < -0.39 is 16.8 Å². The van der Waals surface area contributed by atoms with E-state index in [9.17, 15) is 18.9 Å². The topological polar surface area (TPSA) is 98.7 Å². The molecule has 1 aliphatic rings. The van der Waals surface area contributed by atoms with Crippen LogP contribution in [0, 0.1) is 0 Å². The van der Waals surface area contributed by atoms with Gasteiger partial charge in [-0.05, 0) is 48.9 Å². The number of carboxylic acids is 1. The molecule has 1 amide bonds. The second-order valence-corrected chi connectivity index (χ2v) is 10.2. The van der Waals surface area contributed by atoms with Gasteiger partial charge in [-0.25, -0.2) is 0 Å². The largest absolute Gasteiger partial charge is 0.481 e. The van der Waals surface area contributed by atoms with Gasteiger partial charge in [0.25, 0.3) is 5.91 Å². The van der Waals surface area contributed by atoms with Crippen molar-refractivity contribution in [3.05, 3.63) is 54.1 Å². The molecule has 2 atom stereocenters. The van der Waals surface area contributed by atoms with Crippen molar-refractivity contribution < 1.29 is 18.9 Å². The number of benzene rings is 2. The van der Waals surface area contributed by atoms with Gasteiger partial charge in [0.05, 0.1) is 23.3 Å². The molecule has 0 aliphatic carbocycles. The number of carbonyl (C=O) groups excluding carboxylic acids is 1. The summed E-state index contributed by atoms with van der Waals surface area (Å²) >= 11 is 0. The van der Waals surface area contributed by atoms with Crippen LogP contribution in [0.1, 0.15) is 55.8 Å². The van der Waals surface area contributed by atoms with E-state index in [2.05, 4.69) is 17.6 Å². The Morgan fingerprint density at radius 1 is 1.12 bits per heavy atom. The lowest BCUT2D eigenvalue weighted by molar-refractivity contribution is -0.137. The summed E-state index contributed by atoms with van der Waals surface area (Å²) in [6.45, 7) is 4.22. The number of nitrogens with one attached hydrogen (secondary N) is 2. The molecule has 3 rings (SSSR count). The lowest BCUT2D eigenvalue weighted by atomic mass is 10.1. The normalized spacial score (nSPS) is 16.7. The van der Waals surface area contributed by atoms with Crippen molar-refractivity contribution in [3.63, 3.8) is 0 Å². The second-order valence-electron chi connectivity index (χ2n) is 8.64. The van der Waals surface area contributed by atoms with Gasteiger partial charge in [-0.15, -0.1) is 0 Å². The fourth-order valence-corrected chi connectivity index (χ4v) is 5.30. The Labute approximate surface area is 204 Å². The average Bonchev–Trinajstić information content (AvgIpc) is 2.84. The van der Waals surface area contributed by atoms with E-state index in [1.807, 2.05) is 29.2 Å². The SMILES string of the molecule is CCCCCCCS(=O)c1ccc(NC(=O)c2cccc(N3CCNCC3CC(=O)O)c2)cc1. The van der Waals surface area contributed by atoms with Crippen LogP contribution in [0.5, 0.6) is 0 Å². The first-order valence-corrected chi connectivity index (χ1v) is 13.4. The zero-order chi connectivity index (χ0) is 24.3. The Hall–Kier alpha value is -2.71. The minimum atomic E-state index is -1.02. The molecule has 3 N–H and O–H groups in total. The van der Waals surface area contributed by atoms with Crippen LogP contribution in [0.4, 0.5) is 11.4 Å². The summed E-state index contributed by atoms with van der Waals surface area (Å²) in [4.78, 5) is 26.9. The van der Waals surface area contributed by atoms with Crippen molar-refractivity contribution in [2.75, 3.05) is 35.6 Å². The molecule has 2 aromatic rings. The summed E-state index contributed by atoms with van der Waals surface area (Å²) in [5, 5.41) is 15.4. The number of carboxylic acid groups (broad SMARTS) is 1. The highest BCUT2D eigenvalue weighted by molar-refractivity contribution is 7.85. The third kappa shape index (κ3) is 7.67. The molecule has 1 saturated heterocycles. The number of piperazine rings is 1. The molecular formula is C26H35N3O4S. The van der Waals surface area contributed by atoms with Crippen LogP contribution in [0.15, 0.2) is 53.4 Å². The minimum absolute atomic E-state index is 0.0376. The number of amides is 1. The average molecular weight is 486 g/mol. The van der Waals surface area contributed by atoms with Crippen molar-refractivity contribution in [2.45, 2.75) is 56.4 Å². The van der Waals surface area contributed by atoms with Crippen molar-refractivity contribution in [2.24, 2.45) is 0 Å². The Balaban J connectivity index is 1.59. The number of hydrogen-bond donors (Lipinski definition) is 3. The first-order chi connectivity index (χ1) is 16.5. The maximum Gasteiger partial charge on any atom is 0.305 e. The van der Waals surface area contributed by atoms with E-state index >= 15 is 0 Å². The fourth-order valence-electron chi connectivity index (χ4n) is 4.16. The van der Waals surface area contributed by atoms with Crippen LogP contribution in [0.2, 0.25) is 0 Å². The summed E-state index contributed by atoms with van der Waals surface area (Å²) in [7, 11) is -1.02. The zero-order valence-electron chi connectivity index (χ0n) is 19.8. The van der Waals surface area contributed by atoms with Crippen LogP contribution in [0.3, 0.4) is 0 Å². The molecule has 8 heteroatoms. The van der Waals surface area contributed by atoms with Gasteiger partial charge in [-0.3, -0.25) is 13.8 Å². The van der Waals surface area contributed by atoms with E-state index in [1.165, 1.54) is 19.3 Å². The summed E-state index contributed by atoms with van der Waals surface area (Å²) < 4.78 is 12.5. The first kappa shape index (κ1) is 25.9. The molecule has 0 radical (unpaired) electrons. The van der Waals surface area contributed by atoms with Crippen molar-refractivity contribution in [1.82, 2.24) is 5.32 Å². The summed E-state index contributed by atoms with van der Waals surface area (Å²) in [5.74, 6) is -0.415. The van der Waals surface area contributed by atoms with Crippen LogP contribution in [0.25, 0.3) is 0 Å². The van der Waals surface area contributed by atoms with E-state index in [-0.39, 0.29) is 18.4 Å². The molecule has 2 unspecified atom stereocenters. The summed E-state index contributed by atoms with van der Waals surface area (Å²) in [5.41, 5.74) is 1.99. The molecule has 0 spiro atoms. The van der Waals surface area contributed by atoms with Gasteiger partial charge < -0.3 is 20.6 Å².